The summed E-state index contributed by atoms with van der Waals surface area (Å²) in [5.41, 5.74) is 2.02. The lowest BCUT2D eigenvalue weighted by atomic mass is 10.5. The average molecular weight is 252 g/mol. The number of rotatable bonds is 5. The molecule has 2 heterocycles. The van der Waals surface area contributed by atoms with Gasteiger partial charge in [0.25, 0.3) is 0 Å². The van der Waals surface area contributed by atoms with Crippen molar-refractivity contribution >= 4 is 11.8 Å². The molecule has 0 aliphatic heterocycles. The van der Waals surface area contributed by atoms with E-state index in [1.807, 2.05) is 24.1 Å². The molecule has 0 unspecified atom stereocenters. The van der Waals surface area contributed by atoms with Crippen molar-refractivity contribution in [1.29, 1.82) is 0 Å². The second-order valence-electron chi connectivity index (χ2n) is 3.71. The second-order valence-corrected chi connectivity index (χ2v) is 4.65. The third-order valence-corrected chi connectivity index (χ3v) is 3.77. The number of aliphatic hydroxyl groups is 1. The summed E-state index contributed by atoms with van der Waals surface area (Å²) in [6, 6.07) is 0. The maximum atomic E-state index is 9.08. The number of thioether (sulfide) groups is 1. The lowest BCUT2D eigenvalue weighted by Crippen LogP contribution is -2.00. The molecule has 0 aromatic carbocycles. The molecule has 0 aliphatic rings. The zero-order chi connectivity index (χ0) is 12.3. The molecule has 6 heteroatoms. The normalized spacial score (nSPS) is 11.0. The Morgan fingerprint density at radius 2 is 2.18 bits per heavy atom. The summed E-state index contributed by atoms with van der Waals surface area (Å²) in [6.07, 6.45) is 5.43. The zero-order valence-corrected chi connectivity index (χ0v) is 10.8. The van der Waals surface area contributed by atoms with E-state index in [1.165, 1.54) is 5.69 Å². The molecular weight excluding hydrogens is 236 g/mol. The fourth-order valence-corrected chi connectivity index (χ4v) is 2.55. The summed E-state index contributed by atoms with van der Waals surface area (Å²) < 4.78 is 4.03. The van der Waals surface area contributed by atoms with Gasteiger partial charge in [-0.25, -0.2) is 9.97 Å². The molecule has 17 heavy (non-hydrogen) atoms. The number of hydrogen-bond donors (Lipinski definition) is 1. The van der Waals surface area contributed by atoms with Gasteiger partial charge < -0.3 is 14.2 Å². The molecule has 0 fully saturated rings. The molecule has 0 amide bonds. The van der Waals surface area contributed by atoms with Gasteiger partial charge in [0.05, 0.1) is 24.8 Å². The Hall–Kier alpha value is -1.27. The zero-order valence-electron chi connectivity index (χ0n) is 10.00. The van der Waals surface area contributed by atoms with Crippen molar-refractivity contribution in [3.05, 3.63) is 30.1 Å². The lowest BCUT2D eigenvalue weighted by molar-refractivity contribution is 0.271. The first kappa shape index (κ1) is 12.2. The molecule has 0 bridgehead atoms. The highest BCUT2D eigenvalue weighted by Crippen LogP contribution is 2.21. The van der Waals surface area contributed by atoms with Crippen LogP contribution in [-0.4, -0.2) is 24.2 Å². The second kappa shape index (κ2) is 5.37. The number of aromatic nitrogens is 4. The van der Waals surface area contributed by atoms with Crippen molar-refractivity contribution in [3.63, 3.8) is 0 Å². The van der Waals surface area contributed by atoms with Crippen LogP contribution < -0.4 is 0 Å². The van der Waals surface area contributed by atoms with E-state index in [9.17, 15) is 0 Å². The smallest absolute Gasteiger partial charge is 0.168 e. The predicted octanol–water partition coefficient (Wildman–Crippen LogP) is 1.42. The van der Waals surface area contributed by atoms with Crippen LogP contribution >= 0.6 is 11.8 Å². The van der Waals surface area contributed by atoms with Crippen LogP contribution in [0.3, 0.4) is 0 Å². The Bertz CT molecular complexity index is 491. The molecule has 0 spiro atoms. The SMILES string of the molecule is CCn1cncc1CSc1ncc(CO)n1C. The van der Waals surface area contributed by atoms with E-state index >= 15 is 0 Å². The summed E-state index contributed by atoms with van der Waals surface area (Å²) in [7, 11) is 1.91. The van der Waals surface area contributed by atoms with Gasteiger partial charge in [0.2, 0.25) is 0 Å². The van der Waals surface area contributed by atoms with Gasteiger partial charge in [0.15, 0.2) is 5.16 Å². The van der Waals surface area contributed by atoms with Crippen molar-refractivity contribution < 1.29 is 5.11 Å². The van der Waals surface area contributed by atoms with Gasteiger partial charge in [0.1, 0.15) is 0 Å². The molecule has 5 nitrogen and oxygen atoms in total. The topological polar surface area (TPSA) is 55.9 Å². The fourth-order valence-electron chi connectivity index (χ4n) is 1.60. The standard InChI is InChI=1S/C11H16N4OS/c1-3-15-8-12-4-10(15)7-17-11-13-5-9(6-16)14(11)2/h4-5,8,16H,3,6-7H2,1-2H3. The van der Waals surface area contributed by atoms with Gasteiger partial charge in [-0.3, -0.25) is 0 Å². The van der Waals surface area contributed by atoms with Crippen molar-refractivity contribution in [2.24, 2.45) is 7.05 Å². The number of imidazole rings is 2. The molecule has 0 aliphatic carbocycles. The monoisotopic (exact) mass is 252 g/mol. The number of aryl methyl sites for hydroxylation is 1. The highest BCUT2D eigenvalue weighted by molar-refractivity contribution is 7.98. The highest BCUT2D eigenvalue weighted by atomic mass is 32.2. The number of hydrogen-bond acceptors (Lipinski definition) is 4. The van der Waals surface area contributed by atoms with E-state index < -0.39 is 0 Å². The van der Waals surface area contributed by atoms with Crippen molar-refractivity contribution in [2.75, 3.05) is 0 Å². The predicted molar refractivity (Wildman–Crippen MR) is 66.6 cm³/mol. The molecular formula is C11H16N4OS. The fraction of sp³-hybridized carbons (Fsp3) is 0.455. The van der Waals surface area contributed by atoms with Crippen molar-refractivity contribution in [3.8, 4) is 0 Å². The van der Waals surface area contributed by atoms with E-state index in [-0.39, 0.29) is 6.61 Å². The van der Waals surface area contributed by atoms with Crippen LogP contribution in [0.2, 0.25) is 0 Å². The first-order chi connectivity index (χ1) is 8.26. The van der Waals surface area contributed by atoms with E-state index in [2.05, 4.69) is 21.5 Å². The Morgan fingerprint density at radius 1 is 1.35 bits per heavy atom. The maximum Gasteiger partial charge on any atom is 0.168 e. The van der Waals surface area contributed by atoms with Gasteiger partial charge >= 0.3 is 0 Å². The maximum absolute atomic E-state index is 9.08. The molecule has 2 aromatic heterocycles. The summed E-state index contributed by atoms with van der Waals surface area (Å²) in [5.74, 6) is 0.837. The van der Waals surface area contributed by atoms with E-state index in [0.717, 1.165) is 23.1 Å². The third-order valence-electron chi connectivity index (χ3n) is 2.69. The Labute approximate surface area is 105 Å². The Kier molecular flexibility index (Phi) is 3.86. The minimum atomic E-state index is 0.0248. The molecule has 2 aromatic rings. The van der Waals surface area contributed by atoms with Gasteiger partial charge in [-0.1, -0.05) is 11.8 Å². The molecule has 2 rings (SSSR count). The summed E-state index contributed by atoms with van der Waals surface area (Å²) in [5, 5.41) is 10.00. The van der Waals surface area contributed by atoms with E-state index in [1.54, 1.807) is 18.0 Å². The van der Waals surface area contributed by atoms with Crippen LogP contribution in [-0.2, 0) is 26.0 Å². The largest absolute Gasteiger partial charge is 0.390 e. The minimum Gasteiger partial charge on any atom is -0.390 e. The van der Waals surface area contributed by atoms with Crippen LogP contribution in [0, 0.1) is 0 Å². The van der Waals surface area contributed by atoms with Crippen molar-refractivity contribution in [1.82, 2.24) is 19.1 Å². The highest BCUT2D eigenvalue weighted by Gasteiger charge is 2.08. The van der Waals surface area contributed by atoms with Gasteiger partial charge in [-0.2, -0.15) is 0 Å². The van der Waals surface area contributed by atoms with Crippen molar-refractivity contribution in [2.45, 2.75) is 31.0 Å². The first-order valence-electron chi connectivity index (χ1n) is 5.49. The van der Waals surface area contributed by atoms with E-state index in [4.69, 9.17) is 5.11 Å². The molecule has 1 N–H and O–H groups in total. The molecule has 0 radical (unpaired) electrons. The first-order valence-corrected chi connectivity index (χ1v) is 6.48. The van der Waals surface area contributed by atoms with Gasteiger partial charge in [0, 0.05) is 31.2 Å². The number of nitrogens with zero attached hydrogens (tertiary/aromatic N) is 4. The Morgan fingerprint density at radius 3 is 2.82 bits per heavy atom. The molecule has 0 atom stereocenters. The number of aliphatic hydroxyl groups excluding tert-OH is 1. The summed E-state index contributed by atoms with van der Waals surface area (Å²) >= 11 is 1.65. The van der Waals surface area contributed by atoms with Crippen LogP contribution in [0.1, 0.15) is 18.3 Å². The van der Waals surface area contributed by atoms with Crippen LogP contribution in [0.5, 0.6) is 0 Å². The lowest BCUT2D eigenvalue weighted by Gasteiger charge is -2.05. The molecule has 92 valence electrons. The van der Waals surface area contributed by atoms with Crippen LogP contribution in [0.25, 0.3) is 0 Å². The van der Waals surface area contributed by atoms with Gasteiger partial charge in [-0.05, 0) is 6.92 Å². The average Bonchev–Trinajstić information content (AvgIpc) is 2.93. The van der Waals surface area contributed by atoms with Crippen LogP contribution in [0.15, 0.2) is 23.9 Å². The minimum absolute atomic E-state index is 0.0248. The van der Waals surface area contributed by atoms with Crippen LogP contribution in [0.4, 0.5) is 0 Å². The van der Waals surface area contributed by atoms with E-state index in [0.29, 0.717) is 0 Å². The van der Waals surface area contributed by atoms with Gasteiger partial charge in [-0.15, -0.1) is 0 Å². The summed E-state index contributed by atoms with van der Waals surface area (Å²) in [6.45, 7) is 3.05. The summed E-state index contributed by atoms with van der Waals surface area (Å²) in [4.78, 5) is 8.41. The Balaban J connectivity index is 2.05. The quantitative estimate of drug-likeness (QED) is 0.818. The molecule has 0 saturated carbocycles. The molecule has 0 saturated heterocycles. The third kappa shape index (κ3) is 2.53.